The summed E-state index contributed by atoms with van der Waals surface area (Å²) in [7, 11) is 2.13. The van der Waals surface area contributed by atoms with Gasteiger partial charge >= 0.3 is 5.69 Å². The Balaban J connectivity index is 2.08. The van der Waals surface area contributed by atoms with E-state index in [9.17, 15) is 10.1 Å². The molecule has 0 amide bonds. The average molecular weight is 295 g/mol. The zero-order valence-corrected chi connectivity index (χ0v) is 13.1. The van der Waals surface area contributed by atoms with E-state index in [1.165, 1.54) is 0 Å². The van der Waals surface area contributed by atoms with Crippen LogP contribution in [0.3, 0.4) is 0 Å². The number of rotatable bonds is 6. The first-order valence-corrected chi connectivity index (χ1v) is 7.67. The minimum atomic E-state index is -0.328. The Hall–Kier alpha value is -1.63. The van der Waals surface area contributed by atoms with Crippen LogP contribution in [0.15, 0.2) is 0 Å². The van der Waals surface area contributed by atoms with Gasteiger partial charge in [-0.3, -0.25) is 10.1 Å². The van der Waals surface area contributed by atoms with Crippen molar-refractivity contribution in [3.8, 4) is 0 Å². The lowest BCUT2D eigenvalue weighted by molar-refractivity contribution is -0.384. The number of anilines is 1. The molecule has 2 rings (SSSR count). The fourth-order valence-corrected chi connectivity index (χ4v) is 2.85. The molecule has 0 unspecified atom stereocenters. The van der Waals surface area contributed by atoms with E-state index in [1.807, 2.05) is 6.92 Å². The lowest BCUT2D eigenvalue weighted by Gasteiger charge is -2.29. The molecular weight excluding hydrogens is 270 g/mol. The summed E-state index contributed by atoms with van der Waals surface area (Å²) < 4.78 is 1.74. The van der Waals surface area contributed by atoms with Crippen LogP contribution in [0.1, 0.15) is 31.9 Å². The van der Waals surface area contributed by atoms with E-state index in [0.717, 1.165) is 38.9 Å². The van der Waals surface area contributed by atoms with Gasteiger partial charge in [-0.1, -0.05) is 6.92 Å². The highest BCUT2D eigenvalue weighted by Gasteiger charge is 2.26. The Labute approximate surface area is 125 Å². The van der Waals surface area contributed by atoms with Crippen LogP contribution in [0.25, 0.3) is 0 Å². The fourth-order valence-electron chi connectivity index (χ4n) is 2.85. The molecule has 1 N–H and O–H groups in total. The number of piperidine rings is 1. The molecule has 1 aromatic rings. The average Bonchev–Trinajstić information content (AvgIpc) is 2.74. The van der Waals surface area contributed by atoms with Crippen molar-refractivity contribution in [2.45, 2.75) is 39.7 Å². The Morgan fingerprint density at radius 3 is 2.67 bits per heavy atom. The molecule has 0 atom stereocenters. The van der Waals surface area contributed by atoms with Gasteiger partial charge in [-0.25, -0.2) is 4.68 Å². The molecule has 0 spiro atoms. The van der Waals surface area contributed by atoms with E-state index in [-0.39, 0.29) is 10.6 Å². The standard InChI is InChI=1S/C14H25N5O2/c1-4-7-18-14(13(19(20)21)11(2)16-18)15-10-12-5-8-17(3)9-6-12/h12,15H,4-10H2,1-3H3. The van der Waals surface area contributed by atoms with E-state index in [1.54, 1.807) is 11.6 Å². The summed E-state index contributed by atoms with van der Waals surface area (Å²) in [6.45, 7) is 7.42. The summed E-state index contributed by atoms with van der Waals surface area (Å²) in [5, 5.41) is 18.9. The van der Waals surface area contributed by atoms with Crippen LogP contribution in [-0.4, -0.2) is 46.3 Å². The summed E-state index contributed by atoms with van der Waals surface area (Å²) in [6.07, 6.45) is 3.18. The first kappa shape index (κ1) is 15.8. The predicted octanol–water partition coefficient (Wildman–Crippen LogP) is 2.26. The van der Waals surface area contributed by atoms with E-state index in [2.05, 4.69) is 22.4 Å². The van der Waals surface area contributed by atoms with Crippen LogP contribution < -0.4 is 5.32 Å². The van der Waals surface area contributed by atoms with Crippen LogP contribution in [0.5, 0.6) is 0 Å². The third kappa shape index (κ3) is 3.72. The maximum Gasteiger partial charge on any atom is 0.333 e. The smallest absolute Gasteiger partial charge is 0.333 e. The number of nitro groups is 1. The molecule has 7 nitrogen and oxygen atoms in total. The number of aryl methyl sites for hydroxylation is 2. The number of nitrogens with one attached hydrogen (secondary N) is 1. The predicted molar refractivity (Wildman–Crippen MR) is 82.6 cm³/mol. The van der Waals surface area contributed by atoms with Crippen molar-refractivity contribution in [2.24, 2.45) is 5.92 Å². The van der Waals surface area contributed by atoms with Gasteiger partial charge in [-0.2, -0.15) is 5.10 Å². The van der Waals surface area contributed by atoms with Crippen molar-refractivity contribution in [3.05, 3.63) is 15.8 Å². The molecule has 118 valence electrons. The van der Waals surface area contributed by atoms with Crippen molar-refractivity contribution in [1.29, 1.82) is 0 Å². The SMILES string of the molecule is CCCn1nc(C)c([N+](=O)[O-])c1NCC1CCN(C)CC1. The number of likely N-dealkylation sites (tertiary alicyclic amines) is 1. The van der Waals surface area contributed by atoms with Crippen LogP contribution in [0, 0.1) is 23.0 Å². The number of hydrogen-bond donors (Lipinski definition) is 1. The van der Waals surface area contributed by atoms with Crippen LogP contribution in [0.2, 0.25) is 0 Å². The summed E-state index contributed by atoms with van der Waals surface area (Å²) in [5.74, 6) is 1.14. The number of aromatic nitrogens is 2. The van der Waals surface area contributed by atoms with Crippen molar-refractivity contribution < 1.29 is 4.92 Å². The van der Waals surface area contributed by atoms with Gasteiger partial charge < -0.3 is 10.2 Å². The zero-order valence-electron chi connectivity index (χ0n) is 13.1. The molecule has 0 bridgehead atoms. The zero-order chi connectivity index (χ0) is 15.4. The Morgan fingerprint density at radius 1 is 1.43 bits per heavy atom. The largest absolute Gasteiger partial charge is 0.364 e. The van der Waals surface area contributed by atoms with Gasteiger partial charge in [0.15, 0.2) is 0 Å². The van der Waals surface area contributed by atoms with Crippen molar-refractivity contribution in [1.82, 2.24) is 14.7 Å². The Morgan fingerprint density at radius 2 is 2.10 bits per heavy atom. The second-order valence-corrected chi connectivity index (χ2v) is 5.89. The van der Waals surface area contributed by atoms with Crippen LogP contribution in [-0.2, 0) is 6.54 Å². The molecule has 0 aliphatic carbocycles. The third-order valence-electron chi connectivity index (χ3n) is 4.11. The molecule has 0 aromatic carbocycles. The lowest BCUT2D eigenvalue weighted by atomic mass is 9.97. The van der Waals surface area contributed by atoms with Crippen LogP contribution >= 0.6 is 0 Å². The summed E-state index contributed by atoms with van der Waals surface area (Å²) in [4.78, 5) is 13.3. The minimum Gasteiger partial charge on any atom is -0.364 e. The molecule has 0 radical (unpaired) electrons. The minimum absolute atomic E-state index is 0.122. The van der Waals surface area contributed by atoms with Crippen LogP contribution in [0.4, 0.5) is 11.5 Å². The van der Waals surface area contributed by atoms with Gasteiger partial charge in [0.1, 0.15) is 5.69 Å². The molecular formula is C14H25N5O2. The van der Waals surface area contributed by atoms with Crippen molar-refractivity contribution >= 4 is 11.5 Å². The van der Waals surface area contributed by atoms with Gasteiger partial charge in [-0.15, -0.1) is 0 Å². The normalized spacial score (nSPS) is 17.1. The third-order valence-corrected chi connectivity index (χ3v) is 4.11. The summed E-state index contributed by atoms with van der Waals surface area (Å²) in [6, 6.07) is 0. The van der Waals surface area contributed by atoms with Crippen molar-refractivity contribution in [2.75, 3.05) is 32.0 Å². The molecule has 7 heteroatoms. The molecule has 1 saturated heterocycles. The first-order chi connectivity index (χ1) is 10.0. The summed E-state index contributed by atoms with van der Waals surface area (Å²) >= 11 is 0. The highest BCUT2D eigenvalue weighted by atomic mass is 16.6. The maximum absolute atomic E-state index is 11.3. The maximum atomic E-state index is 11.3. The Kier molecular flexibility index (Phi) is 5.17. The van der Waals surface area contributed by atoms with E-state index in [0.29, 0.717) is 24.0 Å². The number of nitrogens with zero attached hydrogens (tertiary/aromatic N) is 4. The lowest BCUT2D eigenvalue weighted by Crippen LogP contribution is -2.33. The molecule has 2 heterocycles. The molecule has 1 aliphatic rings. The van der Waals surface area contributed by atoms with Crippen molar-refractivity contribution in [3.63, 3.8) is 0 Å². The topological polar surface area (TPSA) is 76.2 Å². The quantitative estimate of drug-likeness (QED) is 0.643. The van der Waals surface area contributed by atoms with Gasteiger partial charge in [-0.05, 0) is 52.2 Å². The van der Waals surface area contributed by atoms with Gasteiger partial charge in [0, 0.05) is 13.1 Å². The van der Waals surface area contributed by atoms with E-state index >= 15 is 0 Å². The molecule has 21 heavy (non-hydrogen) atoms. The molecule has 1 aromatic heterocycles. The monoisotopic (exact) mass is 295 g/mol. The highest BCUT2D eigenvalue weighted by Crippen LogP contribution is 2.29. The van der Waals surface area contributed by atoms with Gasteiger partial charge in [0.2, 0.25) is 5.82 Å². The van der Waals surface area contributed by atoms with Gasteiger partial charge in [0.05, 0.1) is 4.92 Å². The van der Waals surface area contributed by atoms with E-state index < -0.39 is 0 Å². The Bertz CT molecular complexity index is 492. The molecule has 0 saturated carbocycles. The summed E-state index contributed by atoms with van der Waals surface area (Å²) in [5.41, 5.74) is 0.607. The second-order valence-electron chi connectivity index (χ2n) is 5.89. The second kappa shape index (κ2) is 6.89. The van der Waals surface area contributed by atoms with E-state index in [4.69, 9.17) is 0 Å². The highest BCUT2D eigenvalue weighted by molar-refractivity contribution is 5.59. The fraction of sp³-hybridized carbons (Fsp3) is 0.786. The number of hydrogen-bond acceptors (Lipinski definition) is 5. The van der Waals surface area contributed by atoms with Gasteiger partial charge in [0.25, 0.3) is 0 Å². The molecule has 1 fully saturated rings. The molecule has 1 aliphatic heterocycles. The first-order valence-electron chi connectivity index (χ1n) is 7.67.